The highest BCUT2D eigenvalue weighted by Gasteiger charge is 2.12. The third kappa shape index (κ3) is 4.98. The molecule has 3 aromatic heterocycles. The van der Waals surface area contributed by atoms with Crippen LogP contribution in [0.1, 0.15) is 15.9 Å². The standard InChI is InChI=1S/C21H17N5OS2/c1-14-8-9-15(12-16(14)20(27)25-17-6-2-4-10-22-17)28-19-13-24-21(29-19)26-18-7-3-5-11-23-18/h2-13H,1H3,(H,22,25,27)(H,23,24,26). The summed E-state index contributed by atoms with van der Waals surface area (Å²) < 4.78 is 1.02. The zero-order valence-corrected chi connectivity index (χ0v) is 17.1. The average Bonchev–Trinajstić information content (AvgIpc) is 3.17. The number of benzene rings is 1. The van der Waals surface area contributed by atoms with Gasteiger partial charge in [-0.25, -0.2) is 15.0 Å². The first kappa shape index (κ1) is 19.1. The van der Waals surface area contributed by atoms with Gasteiger partial charge in [-0.15, -0.1) is 0 Å². The zero-order valence-electron chi connectivity index (χ0n) is 15.5. The summed E-state index contributed by atoms with van der Waals surface area (Å²) in [6, 6.07) is 16.9. The highest BCUT2D eigenvalue weighted by molar-refractivity contribution is 8.01. The number of hydrogen-bond donors (Lipinski definition) is 2. The highest BCUT2D eigenvalue weighted by atomic mass is 32.2. The lowest BCUT2D eigenvalue weighted by atomic mass is 10.1. The molecule has 29 heavy (non-hydrogen) atoms. The Morgan fingerprint density at radius 2 is 1.72 bits per heavy atom. The molecule has 1 aromatic carbocycles. The Kier molecular flexibility index (Phi) is 5.83. The van der Waals surface area contributed by atoms with E-state index in [1.807, 2.05) is 61.7 Å². The molecule has 0 spiro atoms. The molecule has 2 N–H and O–H groups in total. The molecule has 0 unspecified atom stereocenters. The van der Waals surface area contributed by atoms with Gasteiger partial charge in [-0.3, -0.25) is 4.79 Å². The van der Waals surface area contributed by atoms with Gasteiger partial charge >= 0.3 is 0 Å². The van der Waals surface area contributed by atoms with E-state index in [-0.39, 0.29) is 5.91 Å². The molecule has 4 aromatic rings. The lowest BCUT2D eigenvalue weighted by molar-refractivity contribution is 0.102. The predicted octanol–water partition coefficient (Wildman–Crippen LogP) is 5.39. The molecule has 0 saturated carbocycles. The van der Waals surface area contributed by atoms with Gasteiger partial charge in [0, 0.05) is 22.9 Å². The maximum atomic E-state index is 12.7. The number of aryl methyl sites for hydroxylation is 1. The molecule has 0 radical (unpaired) electrons. The number of nitrogens with zero attached hydrogens (tertiary/aromatic N) is 3. The number of hydrogen-bond acceptors (Lipinski definition) is 7. The van der Waals surface area contributed by atoms with E-state index in [2.05, 4.69) is 25.6 Å². The van der Waals surface area contributed by atoms with Crippen LogP contribution in [0.3, 0.4) is 0 Å². The fourth-order valence-corrected chi connectivity index (χ4v) is 4.46. The molecule has 4 rings (SSSR count). The van der Waals surface area contributed by atoms with Gasteiger partial charge in [0.05, 0.1) is 10.4 Å². The number of amides is 1. The summed E-state index contributed by atoms with van der Waals surface area (Å²) >= 11 is 3.10. The lowest BCUT2D eigenvalue weighted by Gasteiger charge is -2.09. The van der Waals surface area contributed by atoms with Crippen LogP contribution in [0.25, 0.3) is 0 Å². The van der Waals surface area contributed by atoms with Crippen LogP contribution in [-0.2, 0) is 0 Å². The topological polar surface area (TPSA) is 79.8 Å². The first-order valence-electron chi connectivity index (χ1n) is 8.82. The van der Waals surface area contributed by atoms with Crippen LogP contribution in [0.15, 0.2) is 82.3 Å². The third-order valence-corrected chi connectivity index (χ3v) is 5.97. The van der Waals surface area contributed by atoms with Gasteiger partial charge in [0.2, 0.25) is 0 Å². The van der Waals surface area contributed by atoms with Gasteiger partial charge < -0.3 is 10.6 Å². The van der Waals surface area contributed by atoms with Gasteiger partial charge in [-0.05, 0) is 48.9 Å². The van der Waals surface area contributed by atoms with Crippen molar-refractivity contribution in [2.75, 3.05) is 10.6 Å². The molecule has 144 valence electrons. The Bertz CT molecular complexity index is 1120. The van der Waals surface area contributed by atoms with Crippen molar-refractivity contribution in [1.29, 1.82) is 0 Å². The summed E-state index contributed by atoms with van der Waals surface area (Å²) in [6.45, 7) is 1.92. The minimum atomic E-state index is -0.175. The molecule has 6 nitrogen and oxygen atoms in total. The van der Waals surface area contributed by atoms with E-state index in [1.165, 1.54) is 11.3 Å². The molecule has 0 aliphatic heterocycles. The van der Waals surface area contributed by atoms with Crippen molar-refractivity contribution >= 4 is 45.8 Å². The van der Waals surface area contributed by atoms with Crippen molar-refractivity contribution in [3.63, 3.8) is 0 Å². The van der Waals surface area contributed by atoms with Crippen molar-refractivity contribution in [3.8, 4) is 0 Å². The van der Waals surface area contributed by atoms with E-state index in [0.29, 0.717) is 11.4 Å². The second-order valence-electron chi connectivity index (χ2n) is 6.07. The van der Waals surface area contributed by atoms with Crippen molar-refractivity contribution in [1.82, 2.24) is 15.0 Å². The molecule has 0 aliphatic carbocycles. The average molecular weight is 420 g/mol. The monoisotopic (exact) mass is 419 g/mol. The summed E-state index contributed by atoms with van der Waals surface area (Å²) in [5, 5.41) is 6.79. The minimum absolute atomic E-state index is 0.175. The van der Waals surface area contributed by atoms with E-state index in [9.17, 15) is 4.79 Å². The first-order chi connectivity index (χ1) is 14.2. The summed E-state index contributed by atoms with van der Waals surface area (Å²) in [7, 11) is 0. The molecular weight excluding hydrogens is 402 g/mol. The van der Waals surface area contributed by atoms with E-state index in [1.54, 1.807) is 30.2 Å². The van der Waals surface area contributed by atoms with E-state index >= 15 is 0 Å². The normalized spacial score (nSPS) is 10.5. The van der Waals surface area contributed by atoms with Crippen LogP contribution in [0, 0.1) is 6.92 Å². The van der Waals surface area contributed by atoms with Crippen LogP contribution in [0.2, 0.25) is 0 Å². The van der Waals surface area contributed by atoms with Crippen molar-refractivity contribution < 1.29 is 4.79 Å². The molecule has 3 heterocycles. The number of rotatable bonds is 6. The Hall–Kier alpha value is -3.23. The predicted molar refractivity (Wildman–Crippen MR) is 117 cm³/mol. The molecular formula is C21H17N5OS2. The number of aromatic nitrogens is 3. The van der Waals surface area contributed by atoms with Gasteiger partial charge in [-0.2, -0.15) is 0 Å². The van der Waals surface area contributed by atoms with Gasteiger partial charge in [-0.1, -0.05) is 41.3 Å². The molecule has 0 saturated heterocycles. The molecule has 0 bridgehead atoms. The van der Waals surface area contributed by atoms with Crippen LogP contribution in [-0.4, -0.2) is 20.9 Å². The van der Waals surface area contributed by atoms with Crippen molar-refractivity contribution in [2.24, 2.45) is 0 Å². The van der Waals surface area contributed by atoms with E-state index in [4.69, 9.17) is 0 Å². The Morgan fingerprint density at radius 3 is 2.45 bits per heavy atom. The van der Waals surface area contributed by atoms with E-state index < -0.39 is 0 Å². The second kappa shape index (κ2) is 8.85. The summed E-state index contributed by atoms with van der Waals surface area (Å²) in [6.07, 6.45) is 5.19. The largest absolute Gasteiger partial charge is 0.316 e. The number of carbonyl (C=O) groups excluding carboxylic acids is 1. The summed E-state index contributed by atoms with van der Waals surface area (Å²) in [5.74, 6) is 1.11. The smallest absolute Gasteiger partial charge is 0.257 e. The zero-order chi connectivity index (χ0) is 20.1. The Morgan fingerprint density at radius 1 is 0.966 bits per heavy atom. The van der Waals surface area contributed by atoms with Gasteiger partial charge in [0.25, 0.3) is 5.91 Å². The van der Waals surface area contributed by atoms with Crippen molar-refractivity contribution in [2.45, 2.75) is 16.0 Å². The Balaban J connectivity index is 1.47. The number of carbonyl (C=O) groups is 1. The quantitative estimate of drug-likeness (QED) is 0.436. The highest BCUT2D eigenvalue weighted by Crippen LogP contribution is 2.35. The van der Waals surface area contributed by atoms with Crippen molar-refractivity contribution in [3.05, 3.63) is 84.3 Å². The molecule has 8 heteroatoms. The number of nitrogens with one attached hydrogen (secondary N) is 2. The molecule has 1 amide bonds. The first-order valence-corrected chi connectivity index (χ1v) is 10.5. The number of anilines is 3. The minimum Gasteiger partial charge on any atom is -0.316 e. The maximum Gasteiger partial charge on any atom is 0.257 e. The Labute approximate surface area is 176 Å². The SMILES string of the molecule is Cc1ccc(Sc2cnc(Nc3ccccn3)s2)cc1C(=O)Nc1ccccn1. The molecule has 0 atom stereocenters. The van der Waals surface area contributed by atoms with Gasteiger partial charge in [0.1, 0.15) is 11.6 Å². The number of thiazole rings is 1. The lowest BCUT2D eigenvalue weighted by Crippen LogP contribution is -2.14. The fourth-order valence-electron chi connectivity index (χ4n) is 2.56. The second-order valence-corrected chi connectivity index (χ2v) is 8.48. The van der Waals surface area contributed by atoms with Crippen LogP contribution < -0.4 is 10.6 Å². The van der Waals surface area contributed by atoms with E-state index in [0.717, 1.165) is 25.6 Å². The molecule has 0 fully saturated rings. The third-order valence-electron chi connectivity index (χ3n) is 3.96. The fraction of sp³-hybridized carbons (Fsp3) is 0.0476. The summed E-state index contributed by atoms with van der Waals surface area (Å²) in [5.41, 5.74) is 1.53. The van der Waals surface area contributed by atoms with Crippen LogP contribution in [0.4, 0.5) is 16.8 Å². The van der Waals surface area contributed by atoms with Crippen LogP contribution in [0.5, 0.6) is 0 Å². The van der Waals surface area contributed by atoms with Crippen LogP contribution >= 0.6 is 23.1 Å². The maximum absolute atomic E-state index is 12.7. The summed E-state index contributed by atoms with van der Waals surface area (Å²) in [4.78, 5) is 26.4. The van der Waals surface area contributed by atoms with Gasteiger partial charge in [0.15, 0.2) is 5.13 Å². The number of pyridine rings is 2. The molecule has 0 aliphatic rings.